The van der Waals surface area contributed by atoms with Crippen LogP contribution in [0, 0.1) is 0 Å². The van der Waals surface area contributed by atoms with Gasteiger partial charge in [0.2, 0.25) is 0 Å². The van der Waals surface area contributed by atoms with E-state index < -0.39 is 11.6 Å². The molecule has 0 radical (unpaired) electrons. The number of carbonyl (C=O) groups excluding carboxylic acids is 1. The number of nitrogens with two attached hydrogens (primary N) is 1. The number of aromatic nitrogens is 5. The van der Waals surface area contributed by atoms with Crippen LogP contribution in [0.3, 0.4) is 0 Å². The second-order valence-corrected chi connectivity index (χ2v) is 5.87. The van der Waals surface area contributed by atoms with E-state index in [0.717, 1.165) is 0 Å². The first-order valence-corrected chi connectivity index (χ1v) is 7.91. The van der Waals surface area contributed by atoms with Crippen LogP contribution in [0.2, 0.25) is 5.02 Å². The van der Waals surface area contributed by atoms with Gasteiger partial charge in [0, 0.05) is 23.0 Å². The fourth-order valence-electron chi connectivity index (χ4n) is 2.62. The van der Waals surface area contributed by atoms with E-state index in [1.54, 1.807) is 48.8 Å². The van der Waals surface area contributed by atoms with Crippen molar-refractivity contribution in [1.82, 2.24) is 24.5 Å². The number of hydrogen-bond acceptors (Lipinski definition) is 5. The van der Waals surface area contributed by atoms with Crippen molar-refractivity contribution in [3.63, 3.8) is 0 Å². The third-order valence-corrected chi connectivity index (χ3v) is 4.05. The van der Waals surface area contributed by atoms with Crippen LogP contribution >= 0.6 is 11.6 Å². The zero-order valence-corrected chi connectivity index (χ0v) is 13.9. The molecule has 4 rings (SSSR count). The predicted octanol–water partition coefficient (Wildman–Crippen LogP) is 1.92. The molecule has 128 valence electrons. The number of rotatable bonds is 3. The number of carbonyl (C=O) groups is 1. The van der Waals surface area contributed by atoms with Gasteiger partial charge in [0.25, 0.3) is 5.91 Å². The summed E-state index contributed by atoms with van der Waals surface area (Å²) in [4.78, 5) is 39.6. The third-order valence-electron chi connectivity index (χ3n) is 3.79. The number of aromatic amines is 1. The zero-order valence-electron chi connectivity index (χ0n) is 13.2. The summed E-state index contributed by atoms with van der Waals surface area (Å²) in [7, 11) is 0. The van der Waals surface area contributed by atoms with Gasteiger partial charge in [-0.05, 0) is 36.4 Å². The van der Waals surface area contributed by atoms with E-state index in [0.29, 0.717) is 16.3 Å². The Morgan fingerprint density at radius 2 is 1.77 bits per heavy atom. The minimum absolute atomic E-state index is 0.0633. The number of primary amides is 1. The minimum atomic E-state index is -0.766. The van der Waals surface area contributed by atoms with Crippen molar-refractivity contribution in [2.24, 2.45) is 5.73 Å². The van der Waals surface area contributed by atoms with Gasteiger partial charge in [-0.15, -0.1) is 0 Å². The molecule has 0 fully saturated rings. The molecule has 0 bridgehead atoms. The molecule has 0 unspecified atom stereocenters. The van der Waals surface area contributed by atoms with Gasteiger partial charge in [0.15, 0.2) is 17.2 Å². The Morgan fingerprint density at radius 3 is 2.42 bits per heavy atom. The summed E-state index contributed by atoms with van der Waals surface area (Å²) in [5, 5.41) is 0.534. The Labute approximate surface area is 151 Å². The summed E-state index contributed by atoms with van der Waals surface area (Å²) in [5.74, 6) is -0.507. The highest BCUT2D eigenvalue weighted by Gasteiger charge is 2.20. The maximum Gasteiger partial charge on any atom is 0.332 e. The first-order valence-electron chi connectivity index (χ1n) is 7.53. The summed E-state index contributed by atoms with van der Waals surface area (Å²) in [6, 6.07) is 10.1. The molecule has 8 nitrogen and oxygen atoms in total. The van der Waals surface area contributed by atoms with E-state index in [1.807, 2.05) is 0 Å². The molecule has 4 aromatic rings. The maximum atomic E-state index is 12.5. The number of nitrogens with zero attached hydrogens (tertiary/aromatic N) is 4. The van der Waals surface area contributed by atoms with Gasteiger partial charge >= 0.3 is 5.69 Å². The molecule has 0 saturated carbocycles. The molecule has 1 amide bonds. The average Bonchev–Trinajstić information content (AvgIpc) is 2.98. The smallest absolute Gasteiger partial charge is 0.332 e. The third kappa shape index (κ3) is 2.62. The predicted molar refractivity (Wildman–Crippen MR) is 96.2 cm³/mol. The first-order chi connectivity index (χ1) is 12.5. The summed E-state index contributed by atoms with van der Waals surface area (Å²) in [6.45, 7) is 0. The first kappa shape index (κ1) is 16.0. The molecule has 9 heteroatoms. The van der Waals surface area contributed by atoms with Crippen LogP contribution < -0.4 is 11.4 Å². The summed E-state index contributed by atoms with van der Waals surface area (Å²) in [6.07, 6.45) is 3.16. The average molecular weight is 367 g/mol. The van der Waals surface area contributed by atoms with E-state index in [2.05, 4.69) is 19.9 Å². The number of hydrogen-bond donors (Lipinski definition) is 2. The standard InChI is InChI=1S/C17H11ClN6O2/c18-10-1-3-11(4-2-10)24-16-13(22-17(24)26)12(14(19)25)21-15(23-16)9-5-7-20-8-6-9/h1-8H,(H2,19,25)(H,22,26). The summed E-state index contributed by atoms with van der Waals surface area (Å²) < 4.78 is 1.34. The van der Waals surface area contributed by atoms with E-state index in [4.69, 9.17) is 17.3 Å². The fourth-order valence-corrected chi connectivity index (χ4v) is 2.75. The number of imidazole rings is 1. The lowest BCUT2D eigenvalue weighted by Gasteiger charge is -2.06. The zero-order chi connectivity index (χ0) is 18.3. The van der Waals surface area contributed by atoms with Crippen LogP contribution in [-0.4, -0.2) is 30.4 Å². The quantitative estimate of drug-likeness (QED) is 0.574. The van der Waals surface area contributed by atoms with Gasteiger partial charge < -0.3 is 10.7 Å². The van der Waals surface area contributed by atoms with Crippen molar-refractivity contribution in [2.75, 3.05) is 0 Å². The summed E-state index contributed by atoms with van der Waals surface area (Å²) in [5.41, 5.74) is 6.53. The number of halogens is 1. The molecule has 0 aliphatic heterocycles. The minimum Gasteiger partial charge on any atom is -0.364 e. The molecular formula is C17H11ClN6O2. The Hall–Kier alpha value is -3.52. The molecule has 3 aromatic heterocycles. The topological polar surface area (TPSA) is 120 Å². The van der Waals surface area contributed by atoms with Gasteiger partial charge in [0.1, 0.15) is 5.52 Å². The van der Waals surface area contributed by atoms with Gasteiger partial charge in [-0.25, -0.2) is 19.3 Å². The molecule has 26 heavy (non-hydrogen) atoms. The molecule has 0 aliphatic carbocycles. The van der Waals surface area contributed by atoms with E-state index in [-0.39, 0.29) is 22.7 Å². The SMILES string of the molecule is NC(=O)c1nc(-c2ccncc2)nc2c1[nH]c(=O)n2-c1ccc(Cl)cc1. The maximum absolute atomic E-state index is 12.5. The molecule has 0 saturated heterocycles. The Kier molecular flexibility index (Phi) is 3.74. The van der Waals surface area contributed by atoms with Crippen LogP contribution in [0.1, 0.15) is 10.5 Å². The monoisotopic (exact) mass is 366 g/mol. The number of nitrogens with one attached hydrogen (secondary N) is 1. The van der Waals surface area contributed by atoms with Crippen LogP contribution in [0.15, 0.2) is 53.6 Å². The van der Waals surface area contributed by atoms with E-state index in [1.165, 1.54) is 4.57 Å². The lowest BCUT2D eigenvalue weighted by Crippen LogP contribution is -2.15. The molecule has 0 spiro atoms. The fraction of sp³-hybridized carbons (Fsp3) is 0. The molecule has 3 heterocycles. The molecule has 0 aliphatic rings. The van der Waals surface area contributed by atoms with Gasteiger partial charge in [-0.1, -0.05) is 11.6 Å². The normalized spacial score (nSPS) is 11.0. The Bertz CT molecular complexity index is 1180. The highest BCUT2D eigenvalue weighted by atomic mass is 35.5. The number of H-pyrrole nitrogens is 1. The van der Waals surface area contributed by atoms with Crippen molar-refractivity contribution in [3.8, 4) is 17.1 Å². The molecular weight excluding hydrogens is 356 g/mol. The number of benzene rings is 1. The van der Waals surface area contributed by atoms with Gasteiger partial charge in [-0.2, -0.15) is 0 Å². The van der Waals surface area contributed by atoms with Crippen LogP contribution in [-0.2, 0) is 0 Å². The lowest BCUT2D eigenvalue weighted by molar-refractivity contribution is 0.0997. The van der Waals surface area contributed by atoms with E-state index >= 15 is 0 Å². The summed E-state index contributed by atoms with van der Waals surface area (Å²) >= 11 is 5.92. The molecule has 0 atom stereocenters. The Balaban J connectivity index is 2.06. The van der Waals surface area contributed by atoms with Crippen molar-refractivity contribution in [1.29, 1.82) is 0 Å². The lowest BCUT2D eigenvalue weighted by atomic mass is 10.2. The van der Waals surface area contributed by atoms with Crippen LogP contribution in [0.5, 0.6) is 0 Å². The Morgan fingerprint density at radius 1 is 1.08 bits per heavy atom. The largest absolute Gasteiger partial charge is 0.364 e. The van der Waals surface area contributed by atoms with Crippen LogP contribution in [0.4, 0.5) is 0 Å². The second kappa shape index (κ2) is 6.08. The number of amides is 1. The van der Waals surface area contributed by atoms with Gasteiger partial charge in [-0.3, -0.25) is 9.78 Å². The number of fused-ring (bicyclic) bond motifs is 1. The highest BCUT2D eigenvalue weighted by Crippen LogP contribution is 2.22. The molecule has 1 aromatic carbocycles. The second-order valence-electron chi connectivity index (χ2n) is 5.44. The van der Waals surface area contributed by atoms with Crippen molar-refractivity contribution < 1.29 is 4.79 Å². The van der Waals surface area contributed by atoms with Gasteiger partial charge in [0.05, 0.1) is 5.69 Å². The highest BCUT2D eigenvalue weighted by molar-refractivity contribution is 6.30. The van der Waals surface area contributed by atoms with E-state index in [9.17, 15) is 9.59 Å². The molecule has 3 N–H and O–H groups in total. The van der Waals surface area contributed by atoms with Crippen molar-refractivity contribution >= 4 is 28.7 Å². The van der Waals surface area contributed by atoms with Crippen molar-refractivity contribution in [3.05, 3.63) is 70.0 Å². The number of pyridine rings is 1. The van der Waals surface area contributed by atoms with Crippen molar-refractivity contribution in [2.45, 2.75) is 0 Å². The van der Waals surface area contributed by atoms with Crippen LogP contribution in [0.25, 0.3) is 28.2 Å².